The molecular formula is C13H17FN2S. The summed E-state index contributed by atoms with van der Waals surface area (Å²) in [6, 6.07) is 6.77. The molecule has 0 saturated carbocycles. The van der Waals surface area contributed by atoms with Crippen LogP contribution in [0.3, 0.4) is 0 Å². The first-order valence-corrected chi connectivity index (χ1v) is 6.52. The number of benzene rings is 1. The molecule has 0 saturated heterocycles. The van der Waals surface area contributed by atoms with Gasteiger partial charge in [-0.3, -0.25) is 11.3 Å². The molecule has 0 aromatic heterocycles. The Balaban J connectivity index is 2.34. The number of nitrogens with two attached hydrogens (primary N) is 1. The molecule has 2 nitrogen and oxygen atoms in total. The average molecular weight is 252 g/mol. The Hall–Kier alpha value is -1.02. The molecule has 1 aromatic rings. The van der Waals surface area contributed by atoms with Crippen LogP contribution in [0.1, 0.15) is 19.3 Å². The summed E-state index contributed by atoms with van der Waals surface area (Å²) in [6.45, 7) is 0. The quantitative estimate of drug-likeness (QED) is 0.257. The SMILES string of the molecule is C#CCCCC(CSc1cccc(F)c1)NN. The topological polar surface area (TPSA) is 38.0 Å². The highest BCUT2D eigenvalue weighted by Gasteiger charge is 2.07. The third kappa shape index (κ3) is 5.73. The number of nitrogens with one attached hydrogen (secondary N) is 1. The molecule has 1 atom stereocenters. The molecule has 1 unspecified atom stereocenters. The van der Waals surface area contributed by atoms with Crippen molar-refractivity contribution in [1.82, 2.24) is 5.43 Å². The van der Waals surface area contributed by atoms with Gasteiger partial charge in [0.15, 0.2) is 0 Å². The summed E-state index contributed by atoms with van der Waals surface area (Å²) in [7, 11) is 0. The van der Waals surface area contributed by atoms with E-state index in [-0.39, 0.29) is 11.9 Å². The Kier molecular flexibility index (Phi) is 6.71. The molecule has 0 fully saturated rings. The van der Waals surface area contributed by atoms with Crippen LogP contribution in [0.25, 0.3) is 0 Å². The van der Waals surface area contributed by atoms with E-state index in [0.717, 1.165) is 29.9 Å². The second-order valence-corrected chi connectivity index (χ2v) is 4.82. The zero-order chi connectivity index (χ0) is 12.5. The van der Waals surface area contributed by atoms with E-state index in [2.05, 4.69) is 11.3 Å². The van der Waals surface area contributed by atoms with E-state index < -0.39 is 0 Å². The van der Waals surface area contributed by atoms with Gasteiger partial charge in [0.2, 0.25) is 0 Å². The first kappa shape index (κ1) is 14.0. The monoisotopic (exact) mass is 252 g/mol. The van der Waals surface area contributed by atoms with E-state index in [1.54, 1.807) is 17.8 Å². The molecule has 0 radical (unpaired) electrons. The van der Waals surface area contributed by atoms with Gasteiger partial charge >= 0.3 is 0 Å². The summed E-state index contributed by atoms with van der Waals surface area (Å²) in [4.78, 5) is 0.919. The standard InChI is InChI=1S/C13H17FN2S/c1-2-3-4-7-12(16-15)10-17-13-8-5-6-11(14)9-13/h1,5-6,8-9,12,16H,3-4,7,10,15H2. The molecule has 92 valence electrons. The van der Waals surface area contributed by atoms with E-state index >= 15 is 0 Å². The largest absolute Gasteiger partial charge is 0.271 e. The lowest BCUT2D eigenvalue weighted by Gasteiger charge is -2.14. The number of unbranched alkanes of at least 4 members (excludes halogenated alkanes) is 1. The highest BCUT2D eigenvalue weighted by molar-refractivity contribution is 7.99. The molecule has 0 amide bonds. The summed E-state index contributed by atoms with van der Waals surface area (Å²) < 4.78 is 12.9. The van der Waals surface area contributed by atoms with Crippen LogP contribution >= 0.6 is 11.8 Å². The molecule has 0 bridgehead atoms. The predicted molar refractivity (Wildman–Crippen MR) is 70.9 cm³/mol. The van der Waals surface area contributed by atoms with Gasteiger partial charge in [0.25, 0.3) is 0 Å². The lowest BCUT2D eigenvalue weighted by molar-refractivity contribution is 0.524. The van der Waals surface area contributed by atoms with Gasteiger partial charge in [0.1, 0.15) is 5.82 Å². The lowest BCUT2D eigenvalue weighted by atomic mass is 10.1. The maximum Gasteiger partial charge on any atom is 0.124 e. The first-order chi connectivity index (χ1) is 8.26. The lowest BCUT2D eigenvalue weighted by Crippen LogP contribution is -2.36. The molecule has 1 aromatic carbocycles. The third-order valence-electron chi connectivity index (χ3n) is 2.36. The summed E-state index contributed by atoms with van der Waals surface area (Å²) >= 11 is 1.59. The number of halogens is 1. The van der Waals surface area contributed by atoms with E-state index in [9.17, 15) is 4.39 Å². The molecule has 3 N–H and O–H groups in total. The van der Waals surface area contributed by atoms with Crippen molar-refractivity contribution in [2.24, 2.45) is 5.84 Å². The zero-order valence-corrected chi connectivity index (χ0v) is 10.5. The molecule has 1 rings (SSSR count). The van der Waals surface area contributed by atoms with Crippen molar-refractivity contribution in [3.8, 4) is 12.3 Å². The minimum atomic E-state index is -0.209. The molecule has 4 heteroatoms. The van der Waals surface area contributed by atoms with Gasteiger partial charge < -0.3 is 0 Å². The van der Waals surface area contributed by atoms with Crippen LogP contribution in [0.15, 0.2) is 29.2 Å². The Morgan fingerprint density at radius 2 is 2.35 bits per heavy atom. The van der Waals surface area contributed by atoms with Crippen molar-refractivity contribution in [1.29, 1.82) is 0 Å². The van der Waals surface area contributed by atoms with Gasteiger partial charge in [-0.25, -0.2) is 4.39 Å². The van der Waals surface area contributed by atoms with Crippen molar-refractivity contribution < 1.29 is 4.39 Å². The zero-order valence-electron chi connectivity index (χ0n) is 9.66. The summed E-state index contributed by atoms with van der Waals surface area (Å²) in [5.74, 6) is 8.66. The van der Waals surface area contributed by atoms with Crippen LogP contribution < -0.4 is 11.3 Å². The average Bonchev–Trinajstić information content (AvgIpc) is 2.34. The van der Waals surface area contributed by atoms with Gasteiger partial charge in [0, 0.05) is 23.1 Å². The smallest absolute Gasteiger partial charge is 0.124 e. The molecule has 0 aliphatic heterocycles. The number of rotatable bonds is 7. The summed E-state index contributed by atoms with van der Waals surface area (Å²) in [6.07, 6.45) is 7.84. The maximum absolute atomic E-state index is 12.9. The van der Waals surface area contributed by atoms with Crippen LogP contribution in [0.2, 0.25) is 0 Å². The fraction of sp³-hybridized carbons (Fsp3) is 0.385. The van der Waals surface area contributed by atoms with Gasteiger partial charge in [-0.1, -0.05) is 6.07 Å². The van der Waals surface area contributed by atoms with Crippen molar-refractivity contribution >= 4 is 11.8 Å². The summed E-state index contributed by atoms with van der Waals surface area (Å²) in [5, 5.41) is 0. The molecule has 0 spiro atoms. The van der Waals surface area contributed by atoms with Crippen LogP contribution in [0.4, 0.5) is 4.39 Å². The second-order valence-electron chi connectivity index (χ2n) is 3.73. The Labute approximate surface area is 106 Å². The van der Waals surface area contributed by atoms with Crippen molar-refractivity contribution in [3.63, 3.8) is 0 Å². The van der Waals surface area contributed by atoms with E-state index in [1.807, 2.05) is 6.07 Å². The van der Waals surface area contributed by atoms with E-state index in [4.69, 9.17) is 12.3 Å². The number of terminal acetylenes is 1. The van der Waals surface area contributed by atoms with Gasteiger partial charge in [0.05, 0.1) is 0 Å². The molecule has 0 aliphatic rings. The minimum Gasteiger partial charge on any atom is -0.271 e. The van der Waals surface area contributed by atoms with E-state index in [0.29, 0.717) is 0 Å². The third-order valence-corrected chi connectivity index (χ3v) is 3.51. The van der Waals surface area contributed by atoms with E-state index in [1.165, 1.54) is 12.1 Å². The van der Waals surface area contributed by atoms with Crippen molar-refractivity contribution in [2.75, 3.05) is 5.75 Å². The highest BCUT2D eigenvalue weighted by atomic mass is 32.2. The number of thioether (sulfide) groups is 1. The van der Waals surface area contributed by atoms with Gasteiger partial charge in [-0.05, 0) is 31.0 Å². The Morgan fingerprint density at radius 1 is 1.53 bits per heavy atom. The number of hydrogen-bond acceptors (Lipinski definition) is 3. The highest BCUT2D eigenvalue weighted by Crippen LogP contribution is 2.20. The molecular weight excluding hydrogens is 235 g/mol. The van der Waals surface area contributed by atoms with Crippen LogP contribution in [-0.4, -0.2) is 11.8 Å². The van der Waals surface area contributed by atoms with Crippen molar-refractivity contribution in [3.05, 3.63) is 30.1 Å². The summed E-state index contributed by atoms with van der Waals surface area (Å²) in [5.41, 5.74) is 2.76. The van der Waals surface area contributed by atoms with Gasteiger partial charge in [-0.15, -0.1) is 24.1 Å². The Morgan fingerprint density at radius 3 is 3.00 bits per heavy atom. The molecule has 17 heavy (non-hydrogen) atoms. The predicted octanol–water partition coefficient (Wildman–Crippen LogP) is 2.55. The van der Waals surface area contributed by atoms with Crippen molar-refractivity contribution in [2.45, 2.75) is 30.2 Å². The molecule has 0 aliphatic carbocycles. The normalized spacial score (nSPS) is 12.1. The minimum absolute atomic E-state index is 0.205. The number of hydrogen-bond donors (Lipinski definition) is 2. The number of hydrazine groups is 1. The second kappa shape index (κ2) is 8.13. The van der Waals surface area contributed by atoms with Crippen LogP contribution in [-0.2, 0) is 0 Å². The fourth-order valence-corrected chi connectivity index (χ4v) is 2.45. The van der Waals surface area contributed by atoms with Crippen LogP contribution in [0.5, 0.6) is 0 Å². The first-order valence-electron chi connectivity index (χ1n) is 5.54. The Bertz CT molecular complexity index is 376. The van der Waals surface area contributed by atoms with Gasteiger partial charge in [-0.2, -0.15) is 0 Å². The maximum atomic E-state index is 12.9. The van der Waals surface area contributed by atoms with Crippen LogP contribution in [0, 0.1) is 18.2 Å². The molecule has 0 heterocycles. The fourth-order valence-electron chi connectivity index (χ4n) is 1.42.